The number of hydrogen-bond acceptors (Lipinski definition) is 3. The van der Waals surface area contributed by atoms with Crippen molar-refractivity contribution in [3.63, 3.8) is 0 Å². The van der Waals surface area contributed by atoms with E-state index in [-0.39, 0.29) is 5.91 Å². The van der Waals surface area contributed by atoms with Gasteiger partial charge < -0.3 is 16.0 Å². The van der Waals surface area contributed by atoms with Crippen LogP contribution in [0.15, 0.2) is 0 Å². The minimum Gasteiger partial charge on any atom is -0.368 e. The highest BCUT2D eigenvalue weighted by atomic mass is 16.1. The van der Waals surface area contributed by atoms with E-state index in [1.165, 1.54) is 19.3 Å². The topological polar surface area (TPSA) is 58.4 Å². The van der Waals surface area contributed by atoms with Gasteiger partial charge in [0, 0.05) is 6.54 Å². The van der Waals surface area contributed by atoms with Gasteiger partial charge in [-0.3, -0.25) is 4.79 Å². The molecule has 0 aromatic heterocycles. The summed E-state index contributed by atoms with van der Waals surface area (Å²) in [6, 6.07) is 0. The average molecular weight is 269 g/mol. The molecule has 1 unspecified atom stereocenters. The van der Waals surface area contributed by atoms with Gasteiger partial charge in [0.05, 0.1) is 0 Å². The van der Waals surface area contributed by atoms with E-state index in [9.17, 15) is 4.79 Å². The maximum Gasteiger partial charge on any atom is 0.239 e. The smallest absolute Gasteiger partial charge is 0.239 e. The van der Waals surface area contributed by atoms with Crippen LogP contribution in [0.3, 0.4) is 0 Å². The fourth-order valence-corrected chi connectivity index (χ4v) is 2.76. The van der Waals surface area contributed by atoms with Crippen molar-refractivity contribution in [2.45, 2.75) is 57.9 Å². The number of unbranched alkanes of at least 4 members (excludes halogenated alkanes) is 2. The third-order valence-corrected chi connectivity index (χ3v) is 4.07. The molecule has 1 saturated carbocycles. The van der Waals surface area contributed by atoms with Crippen molar-refractivity contribution in [3.05, 3.63) is 0 Å². The SMILES string of the molecule is CCCCCN(C)CC(NCCC)(C(N)=O)C1CC1. The molecule has 3 N–H and O–H groups in total. The Labute approximate surface area is 118 Å². The number of likely N-dealkylation sites (N-methyl/N-ethyl adjacent to an activating group) is 1. The molecule has 0 heterocycles. The monoisotopic (exact) mass is 269 g/mol. The lowest BCUT2D eigenvalue weighted by atomic mass is 9.91. The molecule has 1 amide bonds. The molecule has 0 aliphatic heterocycles. The van der Waals surface area contributed by atoms with Crippen molar-refractivity contribution >= 4 is 5.91 Å². The van der Waals surface area contributed by atoms with Crippen LogP contribution in [0.1, 0.15) is 52.4 Å². The fraction of sp³-hybridized carbons (Fsp3) is 0.933. The zero-order valence-corrected chi connectivity index (χ0v) is 12.9. The number of hydrogen-bond donors (Lipinski definition) is 2. The normalized spacial score (nSPS) is 18.5. The Morgan fingerprint density at radius 1 is 1.32 bits per heavy atom. The summed E-state index contributed by atoms with van der Waals surface area (Å²) in [6.45, 7) is 6.99. The minimum absolute atomic E-state index is 0.175. The molecule has 0 saturated heterocycles. The lowest BCUT2D eigenvalue weighted by Gasteiger charge is -2.36. The molecule has 1 aliphatic rings. The number of nitrogens with two attached hydrogens (primary N) is 1. The first-order valence-corrected chi connectivity index (χ1v) is 7.80. The van der Waals surface area contributed by atoms with E-state index in [0.717, 1.165) is 38.9 Å². The lowest BCUT2D eigenvalue weighted by Crippen LogP contribution is -2.63. The lowest BCUT2D eigenvalue weighted by molar-refractivity contribution is -0.126. The van der Waals surface area contributed by atoms with Crippen LogP contribution in [0.2, 0.25) is 0 Å². The Morgan fingerprint density at radius 2 is 2.00 bits per heavy atom. The summed E-state index contributed by atoms with van der Waals surface area (Å²) in [5, 5.41) is 3.45. The molecular formula is C15H31N3O. The number of amides is 1. The minimum atomic E-state index is -0.503. The van der Waals surface area contributed by atoms with Crippen LogP contribution < -0.4 is 11.1 Å². The van der Waals surface area contributed by atoms with E-state index in [4.69, 9.17) is 5.73 Å². The van der Waals surface area contributed by atoms with Gasteiger partial charge in [0.25, 0.3) is 0 Å². The second kappa shape index (κ2) is 7.85. The first-order valence-electron chi connectivity index (χ1n) is 7.80. The third-order valence-electron chi connectivity index (χ3n) is 4.07. The fourth-order valence-electron chi connectivity index (χ4n) is 2.76. The highest BCUT2D eigenvalue weighted by molar-refractivity contribution is 5.86. The average Bonchev–Trinajstić information content (AvgIpc) is 3.19. The summed E-state index contributed by atoms with van der Waals surface area (Å²) in [5.41, 5.74) is 5.23. The predicted octanol–water partition coefficient (Wildman–Crippen LogP) is 1.74. The van der Waals surface area contributed by atoms with Crippen LogP contribution in [-0.4, -0.2) is 43.0 Å². The predicted molar refractivity (Wildman–Crippen MR) is 80.0 cm³/mol. The van der Waals surface area contributed by atoms with E-state index < -0.39 is 5.54 Å². The van der Waals surface area contributed by atoms with Crippen LogP contribution in [0.5, 0.6) is 0 Å². The molecule has 19 heavy (non-hydrogen) atoms. The Bertz CT molecular complexity index is 279. The van der Waals surface area contributed by atoms with Gasteiger partial charge in [-0.2, -0.15) is 0 Å². The molecule has 1 rings (SSSR count). The Balaban J connectivity index is 2.59. The second-order valence-electron chi connectivity index (χ2n) is 5.98. The van der Waals surface area contributed by atoms with Crippen molar-refractivity contribution in [1.82, 2.24) is 10.2 Å². The summed E-state index contributed by atoms with van der Waals surface area (Å²) in [6.07, 6.45) is 6.96. The van der Waals surface area contributed by atoms with Gasteiger partial charge in [0.2, 0.25) is 5.91 Å². The molecule has 112 valence electrons. The number of primary amides is 1. The summed E-state index contributed by atoms with van der Waals surface area (Å²) in [7, 11) is 2.10. The van der Waals surface area contributed by atoms with Crippen molar-refractivity contribution < 1.29 is 4.79 Å². The molecule has 1 atom stereocenters. The summed E-state index contributed by atoms with van der Waals surface area (Å²) < 4.78 is 0. The Kier molecular flexibility index (Phi) is 6.80. The van der Waals surface area contributed by atoms with Crippen molar-refractivity contribution in [2.75, 3.05) is 26.7 Å². The molecular weight excluding hydrogens is 238 g/mol. The number of carbonyl (C=O) groups is 1. The van der Waals surface area contributed by atoms with Gasteiger partial charge >= 0.3 is 0 Å². The molecule has 0 bridgehead atoms. The molecule has 1 fully saturated rings. The maximum atomic E-state index is 12.0. The zero-order chi connectivity index (χ0) is 14.3. The molecule has 4 nitrogen and oxygen atoms in total. The molecule has 0 radical (unpaired) electrons. The molecule has 0 aromatic rings. The Hall–Kier alpha value is -0.610. The van der Waals surface area contributed by atoms with Crippen molar-refractivity contribution in [1.29, 1.82) is 0 Å². The zero-order valence-electron chi connectivity index (χ0n) is 12.9. The summed E-state index contributed by atoms with van der Waals surface area (Å²) >= 11 is 0. The van der Waals surface area contributed by atoms with Gasteiger partial charge in [0.1, 0.15) is 5.54 Å². The Morgan fingerprint density at radius 3 is 2.47 bits per heavy atom. The second-order valence-corrected chi connectivity index (χ2v) is 5.98. The van der Waals surface area contributed by atoms with Crippen molar-refractivity contribution in [2.24, 2.45) is 11.7 Å². The van der Waals surface area contributed by atoms with Crippen LogP contribution in [-0.2, 0) is 4.79 Å². The first-order chi connectivity index (χ1) is 9.06. The van der Waals surface area contributed by atoms with Gasteiger partial charge in [-0.15, -0.1) is 0 Å². The number of nitrogens with one attached hydrogen (secondary N) is 1. The van der Waals surface area contributed by atoms with Gasteiger partial charge in [0.15, 0.2) is 0 Å². The van der Waals surface area contributed by atoms with Crippen molar-refractivity contribution in [3.8, 4) is 0 Å². The standard InChI is InChI=1S/C15H31N3O/c1-4-6-7-11-18(3)12-15(14(16)19,13-8-9-13)17-10-5-2/h13,17H,4-12H2,1-3H3,(H2,16,19). The van der Waals surface area contributed by atoms with Gasteiger partial charge in [-0.1, -0.05) is 26.7 Å². The van der Waals surface area contributed by atoms with Crippen LogP contribution >= 0.6 is 0 Å². The number of rotatable bonds is 11. The van der Waals surface area contributed by atoms with E-state index in [1.54, 1.807) is 0 Å². The van der Waals surface area contributed by atoms with E-state index in [0.29, 0.717) is 5.92 Å². The largest absolute Gasteiger partial charge is 0.368 e. The highest BCUT2D eigenvalue weighted by Gasteiger charge is 2.49. The van der Waals surface area contributed by atoms with Gasteiger partial charge in [-0.05, 0) is 51.7 Å². The van der Waals surface area contributed by atoms with E-state index >= 15 is 0 Å². The van der Waals surface area contributed by atoms with E-state index in [2.05, 4.69) is 31.1 Å². The molecule has 0 aromatic carbocycles. The third kappa shape index (κ3) is 4.77. The highest BCUT2D eigenvalue weighted by Crippen LogP contribution is 2.40. The quantitative estimate of drug-likeness (QED) is 0.562. The summed E-state index contributed by atoms with van der Waals surface area (Å²) in [4.78, 5) is 14.3. The number of carbonyl (C=O) groups excluding carboxylic acids is 1. The number of nitrogens with zero attached hydrogens (tertiary/aromatic N) is 1. The van der Waals surface area contributed by atoms with Crippen LogP contribution in [0.25, 0.3) is 0 Å². The summed E-state index contributed by atoms with van der Waals surface area (Å²) in [5.74, 6) is 0.260. The van der Waals surface area contributed by atoms with E-state index in [1.807, 2.05) is 0 Å². The molecule has 4 heteroatoms. The van der Waals surface area contributed by atoms with Gasteiger partial charge in [-0.25, -0.2) is 0 Å². The first kappa shape index (κ1) is 16.4. The molecule has 0 spiro atoms. The maximum absolute atomic E-state index is 12.0. The van der Waals surface area contributed by atoms with Crippen LogP contribution in [0.4, 0.5) is 0 Å². The molecule has 1 aliphatic carbocycles. The van der Waals surface area contributed by atoms with Crippen LogP contribution in [0, 0.1) is 5.92 Å².